The molecule has 0 fully saturated rings. The average Bonchev–Trinajstić information content (AvgIpc) is 3.03. The number of benzene rings is 2. The molecule has 0 saturated heterocycles. The summed E-state index contributed by atoms with van der Waals surface area (Å²) in [5, 5.41) is 5.23. The van der Waals surface area contributed by atoms with Gasteiger partial charge in [-0.25, -0.2) is 4.98 Å². The summed E-state index contributed by atoms with van der Waals surface area (Å²) in [6.45, 7) is 2.07. The molecular weight excluding hydrogens is 250 g/mol. The zero-order valence-electron chi connectivity index (χ0n) is 11.1. The molecule has 20 heavy (non-hydrogen) atoms. The van der Waals surface area contributed by atoms with Crippen LogP contribution in [0.3, 0.4) is 0 Å². The van der Waals surface area contributed by atoms with Crippen molar-refractivity contribution in [1.82, 2.24) is 15.1 Å². The van der Waals surface area contributed by atoms with Gasteiger partial charge < -0.3 is 9.51 Å². The first-order chi connectivity index (χ1) is 9.79. The molecule has 0 aliphatic carbocycles. The zero-order valence-corrected chi connectivity index (χ0v) is 11.1. The molecule has 0 radical (unpaired) electrons. The molecule has 0 amide bonds. The summed E-state index contributed by atoms with van der Waals surface area (Å²) >= 11 is 0. The van der Waals surface area contributed by atoms with E-state index in [0.717, 1.165) is 33.5 Å². The van der Waals surface area contributed by atoms with E-state index in [-0.39, 0.29) is 0 Å². The van der Waals surface area contributed by atoms with Crippen LogP contribution in [-0.4, -0.2) is 15.1 Å². The molecule has 0 bridgehead atoms. The van der Waals surface area contributed by atoms with Crippen molar-refractivity contribution in [3.05, 3.63) is 59.5 Å². The molecule has 0 atom stereocenters. The lowest BCUT2D eigenvalue weighted by atomic mass is 10.1. The summed E-state index contributed by atoms with van der Waals surface area (Å²) in [6.07, 6.45) is 0.644. The normalized spacial score (nSPS) is 11.4. The van der Waals surface area contributed by atoms with E-state index in [2.05, 4.69) is 28.1 Å². The number of hydrogen-bond acceptors (Lipinski definition) is 3. The topological polar surface area (TPSA) is 54.7 Å². The fraction of sp³-hybridized carbons (Fsp3) is 0.125. The molecule has 1 N–H and O–H groups in total. The first-order valence-corrected chi connectivity index (χ1v) is 6.58. The van der Waals surface area contributed by atoms with E-state index in [1.807, 2.05) is 36.4 Å². The van der Waals surface area contributed by atoms with Crippen LogP contribution in [0.2, 0.25) is 0 Å². The number of rotatable bonds is 2. The fourth-order valence-corrected chi connectivity index (χ4v) is 2.48. The minimum absolute atomic E-state index is 0.644. The van der Waals surface area contributed by atoms with Gasteiger partial charge in [0.2, 0.25) is 0 Å². The largest absolute Gasteiger partial charge is 0.356 e. The number of H-pyrrole nitrogens is 1. The molecule has 0 saturated carbocycles. The lowest BCUT2D eigenvalue weighted by molar-refractivity contribution is 0.447. The number of imidazole rings is 1. The van der Waals surface area contributed by atoms with Crippen molar-refractivity contribution >= 4 is 22.0 Å². The Labute approximate surface area is 115 Å². The van der Waals surface area contributed by atoms with Gasteiger partial charge in [-0.1, -0.05) is 28.9 Å². The maximum atomic E-state index is 5.36. The van der Waals surface area contributed by atoms with Crippen molar-refractivity contribution in [3.8, 4) is 0 Å². The van der Waals surface area contributed by atoms with Crippen LogP contribution in [0.15, 0.2) is 47.0 Å². The number of aromatic amines is 1. The molecule has 2 aromatic carbocycles. The predicted octanol–water partition coefficient (Wildman–Crippen LogP) is 3.60. The molecule has 4 heteroatoms. The van der Waals surface area contributed by atoms with Gasteiger partial charge in [-0.15, -0.1) is 0 Å². The number of nitrogens with one attached hydrogen (secondary N) is 1. The molecule has 2 aromatic heterocycles. The van der Waals surface area contributed by atoms with Crippen LogP contribution in [0.25, 0.3) is 22.0 Å². The molecule has 0 unspecified atom stereocenters. The monoisotopic (exact) mass is 263 g/mol. The second kappa shape index (κ2) is 4.20. The molecule has 4 rings (SSSR count). The van der Waals surface area contributed by atoms with E-state index < -0.39 is 0 Å². The Morgan fingerprint density at radius 3 is 2.95 bits per heavy atom. The van der Waals surface area contributed by atoms with Crippen molar-refractivity contribution in [2.45, 2.75) is 13.3 Å². The minimum atomic E-state index is 0.644. The fourth-order valence-electron chi connectivity index (χ4n) is 2.48. The van der Waals surface area contributed by atoms with Gasteiger partial charge in [0.1, 0.15) is 5.82 Å². The Kier molecular flexibility index (Phi) is 2.36. The average molecular weight is 263 g/mol. The Bertz CT molecular complexity index is 871. The molecule has 98 valence electrons. The van der Waals surface area contributed by atoms with Crippen molar-refractivity contribution < 1.29 is 4.52 Å². The van der Waals surface area contributed by atoms with Crippen LogP contribution in [0.1, 0.15) is 17.1 Å². The predicted molar refractivity (Wildman–Crippen MR) is 77.6 cm³/mol. The molecule has 4 aromatic rings. The molecule has 2 heterocycles. The van der Waals surface area contributed by atoms with Crippen LogP contribution in [0, 0.1) is 6.92 Å². The van der Waals surface area contributed by atoms with Gasteiger partial charge >= 0.3 is 0 Å². The molecule has 0 aliphatic rings. The number of nitrogens with zero attached hydrogens (tertiary/aromatic N) is 2. The Balaban J connectivity index is 1.78. The highest BCUT2D eigenvalue weighted by atomic mass is 16.5. The summed E-state index contributed by atoms with van der Waals surface area (Å²) in [5.74, 6) is 0.905. The second-order valence-electron chi connectivity index (χ2n) is 5.01. The Morgan fingerprint density at radius 1 is 1.15 bits per heavy atom. The number of aromatic nitrogens is 3. The van der Waals surface area contributed by atoms with E-state index in [9.17, 15) is 0 Å². The van der Waals surface area contributed by atoms with E-state index in [1.165, 1.54) is 5.56 Å². The minimum Gasteiger partial charge on any atom is -0.356 e. The van der Waals surface area contributed by atoms with Crippen molar-refractivity contribution in [1.29, 1.82) is 0 Å². The standard InChI is InChI=1S/C16H13N3O/c1-10-6-7-15-11(8-10)14(19-20-15)9-16-17-12-4-2-3-5-13(12)18-16/h2-8H,9H2,1H3,(H,17,18). The van der Waals surface area contributed by atoms with E-state index >= 15 is 0 Å². The highest BCUT2D eigenvalue weighted by Gasteiger charge is 2.11. The first-order valence-electron chi connectivity index (χ1n) is 6.58. The SMILES string of the molecule is Cc1ccc2onc(Cc3nc4ccccc4[nH]3)c2c1. The van der Waals surface area contributed by atoms with Crippen LogP contribution in [0.5, 0.6) is 0 Å². The van der Waals surface area contributed by atoms with Crippen LogP contribution < -0.4 is 0 Å². The second-order valence-corrected chi connectivity index (χ2v) is 5.01. The lowest BCUT2D eigenvalue weighted by Gasteiger charge is -1.94. The quantitative estimate of drug-likeness (QED) is 0.601. The summed E-state index contributed by atoms with van der Waals surface area (Å²) < 4.78 is 5.36. The van der Waals surface area contributed by atoms with Crippen LogP contribution in [-0.2, 0) is 6.42 Å². The Morgan fingerprint density at radius 2 is 2.05 bits per heavy atom. The molecular formula is C16H13N3O. The van der Waals surface area contributed by atoms with Crippen LogP contribution >= 0.6 is 0 Å². The zero-order chi connectivity index (χ0) is 13.5. The van der Waals surface area contributed by atoms with Gasteiger partial charge in [0.25, 0.3) is 0 Å². The van der Waals surface area contributed by atoms with E-state index in [4.69, 9.17) is 4.52 Å². The number of aryl methyl sites for hydroxylation is 1. The maximum Gasteiger partial charge on any atom is 0.167 e. The van der Waals surface area contributed by atoms with Gasteiger partial charge in [-0.05, 0) is 31.2 Å². The van der Waals surface area contributed by atoms with Gasteiger partial charge in [-0.2, -0.15) is 0 Å². The molecule has 0 aliphatic heterocycles. The van der Waals surface area contributed by atoms with Crippen molar-refractivity contribution in [3.63, 3.8) is 0 Å². The van der Waals surface area contributed by atoms with Crippen molar-refractivity contribution in [2.24, 2.45) is 0 Å². The maximum absolute atomic E-state index is 5.36. The molecule has 4 nitrogen and oxygen atoms in total. The highest BCUT2D eigenvalue weighted by molar-refractivity contribution is 5.80. The van der Waals surface area contributed by atoms with Gasteiger partial charge in [-0.3, -0.25) is 0 Å². The van der Waals surface area contributed by atoms with Gasteiger partial charge in [0.15, 0.2) is 5.58 Å². The number of para-hydroxylation sites is 2. The first kappa shape index (κ1) is 11.2. The molecule has 0 spiro atoms. The lowest BCUT2D eigenvalue weighted by Crippen LogP contribution is -1.91. The van der Waals surface area contributed by atoms with E-state index in [0.29, 0.717) is 6.42 Å². The summed E-state index contributed by atoms with van der Waals surface area (Å²) in [7, 11) is 0. The van der Waals surface area contributed by atoms with Crippen molar-refractivity contribution in [2.75, 3.05) is 0 Å². The third-order valence-corrected chi connectivity index (χ3v) is 3.47. The number of fused-ring (bicyclic) bond motifs is 2. The smallest absolute Gasteiger partial charge is 0.167 e. The van der Waals surface area contributed by atoms with E-state index in [1.54, 1.807) is 0 Å². The summed E-state index contributed by atoms with van der Waals surface area (Å²) in [6, 6.07) is 14.1. The van der Waals surface area contributed by atoms with Crippen LogP contribution in [0.4, 0.5) is 0 Å². The number of hydrogen-bond donors (Lipinski definition) is 1. The third kappa shape index (κ3) is 1.77. The Hall–Kier alpha value is -2.62. The van der Waals surface area contributed by atoms with Gasteiger partial charge in [0.05, 0.1) is 23.1 Å². The summed E-state index contributed by atoms with van der Waals surface area (Å²) in [5.41, 5.74) is 4.97. The highest BCUT2D eigenvalue weighted by Crippen LogP contribution is 2.22. The summed E-state index contributed by atoms with van der Waals surface area (Å²) in [4.78, 5) is 7.90. The van der Waals surface area contributed by atoms with Gasteiger partial charge in [0, 0.05) is 5.39 Å². The third-order valence-electron chi connectivity index (χ3n) is 3.47.